The summed E-state index contributed by atoms with van der Waals surface area (Å²) in [5.41, 5.74) is 8.09. The molecule has 0 amide bonds. The number of likely N-dealkylation sites (N-methyl/N-ethyl adjacent to an activating group) is 1. The molecule has 0 aliphatic carbocycles. The van der Waals surface area contributed by atoms with E-state index in [2.05, 4.69) is 10.0 Å². The summed E-state index contributed by atoms with van der Waals surface area (Å²) in [5, 5.41) is 3.24. The molecule has 0 N–H and O–H groups in total. The lowest BCUT2D eigenvalue weighted by atomic mass is 10.4. The molecule has 0 aromatic rings. The number of azide groups is 1. The van der Waals surface area contributed by atoms with E-state index in [1.807, 2.05) is 21.1 Å². The van der Waals surface area contributed by atoms with Gasteiger partial charge in [0.25, 0.3) is 0 Å². The number of esters is 1. The molecule has 0 radical (unpaired) electrons. The lowest BCUT2D eigenvalue weighted by Crippen LogP contribution is -2.38. The molecule has 0 spiro atoms. The summed E-state index contributed by atoms with van der Waals surface area (Å²) >= 11 is 0. The van der Waals surface area contributed by atoms with Crippen molar-refractivity contribution in [2.75, 3.05) is 34.3 Å². The number of carbonyl (C=O) groups is 1. The van der Waals surface area contributed by atoms with Crippen molar-refractivity contribution in [2.24, 2.45) is 5.11 Å². The maximum absolute atomic E-state index is 11.1. The van der Waals surface area contributed by atoms with Gasteiger partial charge in [0, 0.05) is 4.91 Å². The third-order valence-electron chi connectivity index (χ3n) is 1.57. The van der Waals surface area contributed by atoms with Crippen LogP contribution in [0.2, 0.25) is 0 Å². The first-order chi connectivity index (χ1) is 6.37. The third kappa shape index (κ3) is 6.28. The molecule has 0 rings (SSSR count). The van der Waals surface area contributed by atoms with Crippen molar-refractivity contribution in [3.63, 3.8) is 0 Å². The number of rotatable bonds is 5. The predicted molar refractivity (Wildman–Crippen MR) is 52.5 cm³/mol. The molecule has 0 aromatic heterocycles. The summed E-state index contributed by atoms with van der Waals surface area (Å²) in [4.78, 5) is 13.7. The first-order valence-corrected chi connectivity index (χ1v) is 4.38. The Bertz CT molecular complexity index is 240. The van der Waals surface area contributed by atoms with Gasteiger partial charge in [0.15, 0.2) is 0 Å². The quantitative estimate of drug-likeness (QED) is 0.218. The molecular formula is C8H17N4O2+. The zero-order valence-corrected chi connectivity index (χ0v) is 9.10. The second-order valence-electron chi connectivity index (χ2n) is 4.06. The highest BCUT2D eigenvalue weighted by Crippen LogP contribution is 1.96. The summed E-state index contributed by atoms with van der Waals surface area (Å²) in [6, 6.07) is -0.743. The van der Waals surface area contributed by atoms with Crippen LogP contribution in [0.4, 0.5) is 0 Å². The number of nitrogens with zero attached hydrogens (tertiary/aromatic N) is 4. The Kier molecular flexibility index (Phi) is 4.97. The molecular weight excluding hydrogens is 184 g/mol. The minimum Gasteiger partial charge on any atom is -0.459 e. The summed E-state index contributed by atoms with van der Waals surface area (Å²) in [6.45, 7) is 2.58. The Balaban J connectivity index is 3.80. The monoisotopic (exact) mass is 201 g/mol. The van der Waals surface area contributed by atoms with Gasteiger partial charge in [-0.1, -0.05) is 5.11 Å². The summed E-state index contributed by atoms with van der Waals surface area (Å²) in [5.74, 6) is -0.476. The van der Waals surface area contributed by atoms with Crippen molar-refractivity contribution in [1.29, 1.82) is 0 Å². The number of quaternary nitrogens is 1. The van der Waals surface area contributed by atoms with E-state index in [0.29, 0.717) is 6.61 Å². The molecule has 0 aliphatic rings. The fourth-order valence-corrected chi connectivity index (χ4v) is 0.665. The Morgan fingerprint density at radius 1 is 1.57 bits per heavy atom. The predicted octanol–water partition coefficient (Wildman–Crippen LogP) is 0.935. The van der Waals surface area contributed by atoms with Gasteiger partial charge in [0.05, 0.1) is 21.1 Å². The topological polar surface area (TPSA) is 75.1 Å². The van der Waals surface area contributed by atoms with Crippen LogP contribution in [0, 0.1) is 0 Å². The zero-order valence-electron chi connectivity index (χ0n) is 9.10. The van der Waals surface area contributed by atoms with E-state index in [4.69, 9.17) is 10.3 Å². The summed E-state index contributed by atoms with van der Waals surface area (Å²) < 4.78 is 5.64. The molecule has 14 heavy (non-hydrogen) atoms. The van der Waals surface area contributed by atoms with Crippen molar-refractivity contribution in [3.8, 4) is 0 Å². The number of hydrogen-bond acceptors (Lipinski definition) is 3. The lowest BCUT2D eigenvalue weighted by Gasteiger charge is -2.23. The molecule has 0 aliphatic heterocycles. The van der Waals surface area contributed by atoms with Gasteiger partial charge in [-0.25, -0.2) is 0 Å². The first kappa shape index (κ1) is 12.7. The normalized spacial score (nSPS) is 12.9. The van der Waals surface area contributed by atoms with Gasteiger partial charge < -0.3 is 9.22 Å². The number of ether oxygens (including phenoxy) is 1. The Hall–Kier alpha value is -1.26. The van der Waals surface area contributed by atoms with E-state index in [-0.39, 0.29) is 0 Å². The maximum atomic E-state index is 11.1. The van der Waals surface area contributed by atoms with Crippen LogP contribution in [0.1, 0.15) is 6.92 Å². The molecule has 1 atom stereocenters. The van der Waals surface area contributed by atoms with Crippen LogP contribution in [-0.4, -0.2) is 50.8 Å². The molecule has 0 saturated heterocycles. The van der Waals surface area contributed by atoms with Gasteiger partial charge in [-0.3, -0.25) is 4.79 Å². The number of carbonyl (C=O) groups excluding carboxylic acids is 1. The van der Waals surface area contributed by atoms with Gasteiger partial charge >= 0.3 is 5.97 Å². The van der Waals surface area contributed by atoms with Crippen LogP contribution < -0.4 is 0 Å². The van der Waals surface area contributed by atoms with Gasteiger partial charge in [-0.05, 0) is 12.5 Å². The van der Waals surface area contributed by atoms with E-state index >= 15 is 0 Å². The SMILES string of the molecule is CC(N=[N+]=[N-])C(=O)OCC[N+](C)(C)C. The average molecular weight is 201 g/mol. The minimum atomic E-state index is -0.743. The maximum Gasteiger partial charge on any atom is 0.314 e. The molecule has 0 bridgehead atoms. The molecule has 6 nitrogen and oxygen atoms in total. The van der Waals surface area contributed by atoms with Crippen molar-refractivity contribution < 1.29 is 14.0 Å². The smallest absolute Gasteiger partial charge is 0.314 e. The Labute approximate surface area is 83.7 Å². The fraction of sp³-hybridized carbons (Fsp3) is 0.875. The van der Waals surface area contributed by atoms with E-state index in [1.54, 1.807) is 0 Å². The molecule has 80 valence electrons. The van der Waals surface area contributed by atoms with E-state index in [9.17, 15) is 4.79 Å². The van der Waals surface area contributed by atoms with Gasteiger partial charge in [0.1, 0.15) is 19.2 Å². The minimum absolute atomic E-state index is 0.341. The molecule has 6 heteroatoms. The van der Waals surface area contributed by atoms with Crippen molar-refractivity contribution >= 4 is 5.97 Å². The van der Waals surface area contributed by atoms with Crippen LogP contribution in [0.5, 0.6) is 0 Å². The standard InChI is InChI=1S/C8H17N4O2/c1-7(10-11-9)8(13)14-6-5-12(2,3)4/h7H,5-6H2,1-4H3/q+1. The van der Waals surface area contributed by atoms with Crippen LogP contribution in [0.25, 0.3) is 10.4 Å². The van der Waals surface area contributed by atoms with Gasteiger partial charge in [-0.15, -0.1) is 0 Å². The molecule has 0 aromatic carbocycles. The molecule has 0 fully saturated rings. The van der Waals surface area contributed by atoms with Crippen LogP contribution in [0.15, 0.2) is 5.11 Å². The van der Waals surface area contributed by atoms with Gasteiger partial charge in [-0.2, -0.15) is 0 Å². The largest absolute Gasteiger partial charge is 0.459 e. The summed E-state index contributed by atoms with van der Waals surface area (Å²) in [6.07, 6.45) is 0. The second kappa shape index (κ2) is 5.47. The van der Waals surface area contributed by atoms with Crippen LogP contribution in [-0.2, 0) is 9.53 Å². The van der Waals surface area contributed by atoms with E-state index in [0.717, 1.165) is 11.0 Å². The highest BCUT2D eigenvalue weighted by Gasteiger charge is 2.14. The fourth-order valence-electron chi connectivity index (χ4n) is 0.665. The van der Waals surface area contributed by atoms with E-state index < -0.39 is 12.0 Å². The van der Waals surface area contributed by atoms with Crippen LogP contribution in [0.3, 0.4) is 0 Å². The average Bonchev–Trinajstić information content (AvgIpc) is 2.02. The van der Waals surface area contributed by atoms with Gasteiger partial charge in [0.2, 0.25) is 0 Å². The third-order valence-corrected chi connectivity index (χ3v) is 1.57. The lowest BCUT2D eigenvalue weighted by molar-refractivity contribution is -0.870. The molecule has 0 saturated carbocycles. The number of hydrogen-bond donors (Lipinski definition) is 0. The first-order valence-electron chi connectivity index (χ1n) is 4.38. The molecule has 0 heterocycles. The molecule has 1 unspecified atom stereocenters. The Morgan fingerprint density at radius 2 is 2.14 bits per heavy atom. The van der Waals surface area contributed by atoms with E-state index in [1.165, 1.54) is 6.92 Å². The van der Waals surface area contributed by atoms with Crippen LogP contribution >= 0.6 is 0 Å². The van der Waals surface area contributed by atoms with Crippen molar-refractivity contribution in [2.45, 2.75) is 13.0 Å². The van der Waals surface area contributed by atoms with Crippen molar-refractivity contribution in [3.05, 3.63) is 10.4 Å². The summed E-state index contributed by atoms with van der Waals surface area (Å²) in [7, 11) is 6.01. The highest BCUT2D eigenvalue weighted by molar-refractivity contribution is 5.75. The van der Waals surface area contributed by atoms with Crippen molar-refractivity contribution in [1.82, 2.24) is 0 Å². The second-order valence-corrected chi connectivity index (χ2v) is 4.06. The highest BCUT2D eigenvalue weighted by atomic mass is 16.5. The zero-order chi connectivity index (χ0) is 11.2. The Morgan fingerprint density at radius 3 is 2.57 bits per heavy atom.